The van der Waals surface area contributed by atoms with Gasteiger partial charge in [0.15, 0.2) is 0 Å². The first-order valence-corrected chi connectivity index (χ1v) is 9.11. The highest BCUT2D eigenvalue weighted by atomic mass is 35.5. The first-order valence-electron chi connectivity index (χ1n) is 8.73. The van der Waals surface area contributed by atoms with Gasteiger partial charge in [-0.15, -0.1) is 0 Å². The zero-order valence-electron chi connectivity index (χ0n) is 14.9. The summed E-state index contributed by atoms with van der Waals surface area (Å²) in [5, 5.41) is 22.0. The van der Waals surface area contributed by atoms with E-state index in [0.29, 0.717) is 17.4 Å². The van der Waals surface area contributed by atoms with Crippen molar-refractivity contribution in [3.8, 4) is 11.9 Å². The van der Waals surface area contributed by atoms with E-state index in [1.165, 1.54) is 6.20 Å². The third-order valence-electron chi connectivity index (χ3n) is 4.84. The Morgan fingerprint density at radius 2 is 2.26 bits per heavy atom. The summed E-state index contributed by atoms with van der Waals surface area (Å²) in [6.07, 6.45) is 4.97. The van der Waals surface area contributed by atoms with E-state index in [0.717, 1.165) is 24.9 Å². The molecule has 1 aliphatic rings. The molecule has 0 radical (unpaired) electrons. The number of pyridine rings is 2. The summed E-state index contributed by atoms with van der Waals surface area (Å²) in [5.74, 6) is 0.234. The van der Waals surface area contributed by atoms with Gasteiger partial charge in [0.1, 0.15) is 17.5 Å². The van der Waals surface area contributed by atoms with E-state index < -0.39 is 0 Å². The second kappa shape index (κ2) is 8.33. The molecule has 3 heterocycles. The summed E-state index contributed by atoms with van der Waals surface area (Å²) in [6.45, 7) is 3.36. The van der Waals surface area contributed by atoms with Crippen LogP contribution in [0.25, 0.3) is 0 Å². The highest BCUT2D eigenvalue weighted by Crippen LogP contribution is 2.29. The molecule has 1 amide bonds. The minimum atomic E-state index is -0.328. The Labute approximate surface area is 162 Å². The Kier molecular flexibility index (Phi) is 5.89. The van der Waals surface area contributed by atoms with Crippen molar-refractivity contribution in [3.05, 3.63) is 46.7 Å². The molecule has 0 bridgehead atoms. The Balaban J connectivity index is 1.67. The number of hydrogen-bond acceptors (Lipinski definition) is 6. The van der Waals surface area contributed by atoms with Gasteiger partial charge in [-0.2, -0.15) is 5.26 Å². The van der Waals surface area contributed by atoms with Gasteiger partial charge in [0.05, 0.1) is 11.1 Å². The number of nitriles is 1. The molecule has 2 N–H and O–H groups in total. The molecular weight excluding hydrogens is 366 g/mol. The zero-order valence-corrected chi connectivity index (χ0v) is 15.6. The molecule has 0 aromatic carbocycles. The molecule has 2 aromatic rings. The maximum Gasteiger partial charge on any atom is 0.242 e. The van der Waals surface area contributed by atoms with Gasteiger partial charge >= 0.3 is 0 Å². The van der Waals surface area contributed by atoms with Gasteiger partial charge in [-0.05, 0) is 56.0 Å². The summed E-state index contributed by atoms with van der Waals surface area (Å²) < 4.78 is 0. The summed E-state index contributed by atoms with van der Waals surface area (Å²) in [6, 6.07) is 6.64. The molecule has 1 saturated heterocycles. The lowest BCUT2D eigenvalue weighted by Crippen LogP contribution is -2.46. The van der Waals surface area contributed by atoms with Crippen molar-refractivity contribution in [2.75, 3.05) is 18.4 Å². The van der Waals surface area contributed by atoms with Crippen LogP contribution in [0.5, 0.6) is 5.88 Å². The minimum absolute atomic E-state index is 0.132. The van der Waals surface area contributed by atoms with Gasteiger partial charge in [0.25, 0.3) is 0 Å². The van der Waals surface area contributed by atoms with Crippen LogP contribution in [0.4, 0.5) is 5.82 Å². The summed E-state index contributed by atoms with van der Waals surface area (Å²) in [4.78, 5) is 22.7. The summed E-state index contributed by atoms with van der Waals surface area (Å²) in [5.41, 5.74) is 1.07. The number of halogens is 1. The average Bonchev–Trinajstić information content (AvgIpc) is 2.69. The number of hydrogen-bond donors (Lipinski definition) is 2. The zero-order chi connectivity index (χ0) is 19.4. The second-order valence-corrected chi connectivity index (χ2v) is 7.05. The van der Waals surface area contributed by atoms with E-state index in [1.54, 1.807) is 24.4 Å². The molecule has 7 nitrogen and oxygen atoms in total. The number of aromatic hydroxyl groups is 1. The normalized spacial score (nSPS) is 18.5. The maximum atomic E-state index is 12.6. The molecular formula is C19H20ClN5O2. The number of anilines is 1. The quantitative estimate of drug-likeness (QED) is 0.838. The molecule has 3 rings (SSSR count). The van der Waals surface area contributed by atoms with E-state index in [9.17, 15) is 9.90 Å². The lowest BCUT2D eigenvalue weighted by Gasteiger charge is -2.36. The van der Waals surface area contributed by atoms with Crippen LogP contribution in [-0.4, -0.2) is 45.0 Å². The first-order chi connectivity index (χ1) is 13.0. The van der Waals surface area contributed by atoms with Crippen LogP contribution in [0.1, 0.15) is 36.8 Å². The summed E-state index contributed by atoms with van der Waals surface area (Å²) >= 11 is 5.81. The number of amides is 1. The number of carbonyl (C=O) groups excluding carboxylic acids is 1. The Morgan fingerprint density at radius 1 is 1.44 bits per heavy atom. The molecule has 0 aliphatic carbocycles. The smallest absolute Gasteiger partial charge is 0.242 e. The van der Waals surface area contributed by atoms with Gasteiger partial charge in [-0.25, -0.2) is 9.97 Å². The van der Waals surface area contributed by atoms with Crippen molar-refractivity contribution in [2.24, 2.45) is 0 Å². The number of nitrogens with one attached hydrogen (secondary N) is 1. The van der Waals surface area contributed by atoms with Crippen molar-refractivity contribution in [1.29, 1.82) is 5.26 Å². The molecule has 27 heavy (non-hydrogen) atoms. The molecule has 0 spiro atoms. The van der Waals surface area contributed by atoms with Gasteiger partial charge in [-0.1, -0.05) is 11.6 Å². The monoisotopic (exact) mass is 385 g/mol. The van der Waals surface area contributed by atoms with E-state index in [4.69, 9.17) is 16.9 Å². The van der Waals surface area contributed by atoms with Crippen molar-refractivity contribution >= 4 is 23.3 Å². The lowest BCUT2D eigenvalue weighted by molar-refractivity contribution is -0.121. The number of piperidine rings is 1. The molecule has 2 atom stereocenters. The van der Waals surface area contributed by atoms with Crippen LogP contribution >= 0.6 is 11.6 Å². The maximum absolute atomic E-state index is 12.6. The fourth-order valence-corrected chi connectivity index (χ4v) is 3.37. The minimum Gasteiger partial charge on any atom is -0.492 e. The SMILES string of the molecule is CC(C(=O)Nc1ccc(Cl)cn1)N1CCCC(c2cnc(O)c(C#N)c2)C1. The van der Waals surface area contributed by atoms with Crippen LogP contribution in [-0.2, 0) is 4.79 Å². The molecule has 8 heteroatoms. The van der Waals surface area contributed by atoms with Crippen LogP contribution in [0, 0.1) is 11.3 Å². The first kappa shape index (κ1) is 19.1. The van der Waals surface area contributed by atoms with E-state index in [2.05, 4.69) is 20.2 Å². The number of rotatable bonds is 4. The van der Waals surface area contributed by atoms with Crippen molar-refractivity contribution in [3.63, 3.8) is 0 Å². The Hall–Kier alpha value is -2.69. The van der Waals surface area contributed by atoms with Gasteiger partial charge in [0, 0.05) is 18.9 Å². The fourth-order valence-electron chi connectivity index (χ4n) is 3.26. The Morgan fingerprint density at radius 3 is 2.96 bits per heavy atom. The third kappa shape index (κ3) is 4.54. The number of likely N-dealkylation sites (tertiary alicyclic amines) is 1. The summed E-state index contributed by atoms with van der Waals surface area (Å²) in [7, 11) is 0. The predicted molar refractivity (Wildman–Crippen MR) is 102 cm³/mol. The average molecular weight is 386 g/mol. The van der Waals surface area contributed by atoms with Gasteiger partial charge in [0.2, 0.25) is 11.8 Å². The molecule has 1 fully saturated rings. The molecule has 2 aromatic heterocycles. The molecule has 1 aliphatic heterocycles. The van der Waals surface area contributed by atoms with Gasteiger partial charge < -0.3 is 10.4 Å². The van der Waals surface area contributed by atoms with Crippen LogP contribution in [0.15, 0.2) is 30.6 Å². The third-order valence-corrected chi connectivity index (χ3v) is 5.06. The lowest BCUT2D eigenvalue weighted by atomic mass is 9.90. The van der Waals surface area contributed by atoms with Crippen molar-refractivity contribution in [2.45, 2.75) is 31.7 Å². The Bertz CT molecular complexity index is 865. The largest absolute Gasteiger partial charge is 0.492 e. The topological polar surface area (TPSA) is 102 Å². The number of aromatic nitrogens is 2. The molecule has 2 unspecified atom stereocenters. The van der Waals surface area contributed by atoms with E-state index >= 15 is 0 Å². The van der Waals surface area contributed by atoms with Crippen LogP contribution in [0.3, 0.4) is 0 Å². The molecule has 0 saturated carbocycles. The standard InChI is InChI=1S/C19H20ClN5O2/c1-12(18(26)24-17-5-4-16(20)10-22-17)25-6-2-3-13(11-25)15-7-14(8-21)19(27)23-9-15/h4-5,7,9-10,12-13H,2-3,6,11H2,1H3,(H,23,27)(H,22,24,26). The number of carbonyl (C=O) groups is 1. The van der Waals surface area contributed by atoms with Crippen LogP contribution < -0.4 is 5.32 Å². The van der Waals surface area contributed by atoms with Crippen molar-refractivity contribution < 1.29 is 9.90 Å². The van der Waals surface area contributed by atoms with E-state index in [1.807, 2.05) is 13.0 Å². The fraction of sp³-hybridized carbons (Fsp3) is 0.368. The van der Waals surface area contributed by atoms with E-state index in [-0.39, 0.29) is 29.3 Å². The number of nitrogens with zero attached hydrogens (tertiary/aromatic N) is 4. The molecule has 140 valence electrons. The highest BCUT2D eigenvalue weighted by Gasteiger charge is 2.29. The van der Waals surface area contributed by atoms with Crippen LogP contribution in [0.2, 0.25) is 5.02 Å². The predicted octanol–water partition coefficient (Wildman–Crippen LogP) is 2.91. The second-order valence-electron chi connectivity index (χ2n) is 6.61. The highest BCUT2D eigenvalue weighted by molar-refractivity contribution is 6.30. The van der Waals surface area contributed by atoms with Crippen molar-refractivity contribution in [1.82, 2.24) is 14.9 Å². The van der Waals surface area contributed by atoms with Gasteiger partial charge in [-0.3, -0.25) is 9.69 Å².